The summed E-state index contributed by atoms with van der Waals surface area (Å²) < 4.78 is 0. The summed E-state index contributed by atoms with van der Waals surface area (Å²) in [6.07, 6.45) is 1.73. The Labute approximate surface area is 106 Å². The highest BCUT2D eigenvalue weighted by Crippen LogP contribution is 2.30. The molecule has 0 saturated carbocycles. The van der Waals surface area contributed by atoms with Gasteiger partial charge in [-0.25, -0.2) is 0 Å². The summed E-state index contributed by atoms with van der Waals surface area (Å²) in [6, 6.07) is 9.47. The van der Waals surface area contributed by atoms with Gasteiger partial charge < -0.3 is 0 Å². The molecule has 3 nitrogen and oxygen atoms in total. The minimum Gasteiger partial charge on any atom is -0.272 e. The highest BCUT2D eigenvalue weighted by molar-refractivity contribution is 8.18. The molecule has 1 fully saturated rings. The molecule has 0 bridgehead atoms. The van der Waals surface area contributed by atoms with E-state index in [0.717, 1.165) is 22.2 Å². The van der Waals surface area contributed by atoms with E-state index < -0.39 is 0 Å². The Balaban J connectivity index is 0.000000686. The first-order chi connectivity index (χ1) is 8.18. The van der Waals surface area contributed by atoms with Crippen molar-refractivity contribution in [1.82, 2.24) is 4.90 Å². The number of carbonyl (C=O) groups excluding carboxylic acids is 2. The zero-order valence-electron chi connectivity index (χ0n) is 10.1. The predicted octanol–water partition coefficient (Wildman–Crippen LogP) is 3.38. The number of thioether (sulfide) groups is 1. The van der Waals surface area contributed by atoms with Crippen LogP contribution in [0.15, 0.2) is 35.2 Å². The summed E-state index contributed by atoms with van der Waals surface area (Å²) in [5.74, 6) is -0.228. The Morgan fingerprint density at radius 1 is 1.12 bits per heavy atom. The quantitative estimate of drug-likeness (QED) is 0.716. The molecule has 0 N–H and O–H groups in total. The molecule has 4 heteroatoms. The molecule has 1 heterocycles. The number of hydrogen-bond donors (Lipinski definition) is 0. The molecule has 1 aromatic rings. The van der Waals surface area contributed by atoms with Crippen LogP contribution >= 0.6 is 11.8 Å². The number of imide groups is 1. The van der Waals surface area contributed by atoms with Crippen molar-refractivity contribution in [3.8, 4) is 0 Å². The van der Waals surface area contributed by atoms with Crippen LogP contribution in [0.3, 0.4) is 0 Å². The van der Waals surface area contributed by atoms with Crippen molar-refractivity contribution in [1.29, 1.82) is 0 Å². The maximum absolute atomic E-state index is 11.5. The molecule has 2 amide bonds. The number of likely N-dealkylation sites (N-methyl/N-ethyl adjacent to an activating group) is 1. The van der Waals surface area contributed by atoms with Crippen molar-refractivity contribution in [2.75, 3.05) is 7.05 Å². The second-order valence-corrected chi connectivity index (χ2v) is 4.14. The first-order valence-corrected chi connectivity index (χ1v) is 6.27. The summed E-state index contributed by atoms with van der Waals surface area (Å²) in [7, 11) is 1.49. The molecule has 90 valence electrons. The topological polar surface area (TPSA) is 37.4 Å². The van der Waals surface area contributed by atoms with Gasteiger partial charge in [-0.1, -0.05) is 44.2 Å². The van der Waals surface area contributed by atoms with E-state index in [4.69, 9.17) is 0 Å². The fourth-order valence-electron chi connectivity index (χ4n) is 1.25. The monoisotopic (exact) mass is 249 g/mol. The minimum absolute atomic E-state index is 0.220. The number of benzene rings is 1. The normalized spacial score (nSPS) is 17.1. The van der Waals surface area contributed by atoms with Gasteiger partial charge in [0.1, 0.15) is 0 Å². The third kappa shape index (κ3) is 3.20. The van der Waals surface area contributed by atoms with Gasteiger partial charge in [-0.3, -0.25) is 14.5 Å². The average molecular weight is 249 g/mol. The van der Waals surface area contributed by atoms with E-state index in [1.807, 2.05) is 44.2 Å². The molecule has 0 aliphatic carbocycles. The summed E-state index contributed by atoms with van der Waals surface area (Å²) in [5.41, 5.74) is 0.927. The molecule has 2 rings (SSSR count). The van der Waals surface area contributed by atoms with E-state index in [1.165, 1.54) is 7.05 Å². The first-order valence-electron chi connectivity index (χ1n) is 5.45. The van der Waals surface area contributed by atoms with Crippen molar-refractivity contribution in [3.05, 3.63) is 40.8 Å². The highest BCUT2D eigenvalue weighted by atomic mass is 32.2. The van der Waals surface area contributed by atoms with Crippen molar-refractivity contribution >= 4 is 29.0 Å². The van der Waals surface area contributed by atoms with Gasteiger partial charge in [-0.05, 0) is 23.4 Å². The van der Waals surface area contributed by atoms with Gasteiger partial charge in [0.05, 0.1) is 4.91 Å². The predicted molar refractivity (Wildman–Crippen MR) is 71.5 cm³/mol. The zero-order valence-corrected chi connectivity index (χ0v) is 11.0. The zero-order chi connectivity index (χ0) is 12.8. The Morgan fingerprint density at radius 3 is 2.18 bits per heavy atom. The number of carbonyl (C=O) groups is 2. The Hall–Kier alpha value is -1.55. The number of hydrogen-bond acceptors (Lipinski definition) is 3. The van der Waals surface area contributed by atoms with Crippen molar-refractivity contribution in [3.63, 3.8) is 0 Å². The highest BCUT2D eigenvalue weighted by Gasteiger charge is 2.31. The summed E-state index contributed by atoms with van der Waals surface area (Å²) >= 11 is 0.975. The van der Waals surface area contributed by atoms with Crippen molar-refractivity contribution in [2.45, 2.75) is 13.8 Å². The average Bonchev–Trinajstić information content (AvgIpc) is 2.61. The number of nitrogens with zero attached hydrogens (tertiary/aromatic N) is 1. The van der Waals surface area contributed by atoms with Crippen LogP contribution in [0.4, 0.5) is 4.79 Å². The summed E-state index contributed by atoms with van der Waals surface area (Å²) in [5, 5.41) is -0.220. The summed E-state index contributed by atoms with van der Waals surface area (Å²) in [4.78, 5) is 24.4. The lowest BCUT2D eigenvalue weighted by Gasteiger charge is -2.00. The van der Waals surface area contributed by atoms with Crippen LogP contribution in [0.2, 0.25) is 0 Å². The van der Waals surface area contributed by atoms with E-state index >= 15 is 0 Å². The molecule has 0 spiro atoms. The van der Waals surface area contributed by atoms with Gasteiger partial charge in [0.15, 0.2) is 0 Å². The molecule has 17 heavy (non-hydrogen) atoms. The van der Waals surface area contributed by atoms with Crippen LogP contribution in [0.25, 0.3) is 6.08 Å². The van der Waals surface area contributed by atoms with Crippen LogP contribution in [-0.2, 0) is 4.79 Å². The lowest BCUT2D eigenvalue weighted by atomic mass is 10.2. The molecular formula is C13H15NO2S. The SMILES string of the molecule is CC.CN1C(=O)S/C(=C/c2ccccc2)C1=O. The van der Waals surface area contributed by atoms with Gasteiger partial charge in [-0.15, -0.1) is 0 Å². The molecule has 0 radical (unpaired) electrons. The van der Waals surface area contributed by atoms with Crippen LogP contribution in [0.5, 0.6) is 0 Å². The van der Waals surface area contributed by atoms with Gasteiger partial charge in [-0.2, -0.15) is 0 Å². The maximum Gasteiger partial charge on any atom is 0.293 e. The first kappa shape index (κ1) is 13.5. The molecule has 0 unspecified atom stereocenters. The van der Waals surface area contributed by atoms with E-state index in [1.54, 1.807) is 6.08 Å². The van der Waals surface area contributed by atoms with E-state index in [9.17, 15) is 9.59 Å². The number of amides is 2. The van der Waals surface area contributed by atoms with Gasteiger partial charge in [0, 0.05) is 7.05 Å². The molecular weight excluding hydrogens is 234 g/mol. The van der Waals surface area contributed by atoms with Crippen LogP contribution < -0.4 is 0 Å². The Morgan fingerprint density at radius 2 is 1.71 bits per heavy atom. The van der Waals surface area contributed by atoms with E-state index in [-0.39, 0.29) is 11.1 Å². The molecule has 1 aromatic carbocycles. The van der Waals surface area contributed by atoms with Gasteiger partial charge >= 0.3 is 0 Å². The van der Waals surface area contributed by atoms with Crippen LogP contribution in [0.1, 0.15) is 19.4 Å². The lowest BCUT2D eigenvalue weighted by Crippen LogP contribution is -2.22. The van der Waals surface area contributed by atoms with Gasteiger partial charge in [0.25, 0.3) is 11.1 Å². The van der Waals surface area contributed by atoms with Crippen LogP contribution in [-0.4, -0.2) is 23.1 Å². The van der Waals surface area contributed by atoms with Crippen molar-refractivity contribution < 1.29 is 9.59 Å². The molecule has 1 aliphatic rings. The smallest absolute Gasteiger partial charge is 0.272 e. The molecule has 0 atom stereocenters. The Bertz CT molecular complexity index is 440. The van der Waals surface area contributed by atoms with Crippen molar-refractivity contribution in [2.24, 2.45) is 0 Å². The standard InChI is InChI=1S/C11H9NO2S.C2H6/c1-12-10(13)9(15-11(12)14)7-8-5-3-2-4-6-8;1-2/h2-7H,1H3;1-2H3/b9-7+;. The third-order valence-electron chi connectivity index (χ3n) is 2.08. The number of rotatable bonds is 1. The van der Waals surface area contributed by atoms with E-state index in [0.29, 0.717) is 4.91 Å². The molecule has 1 saturated heterocycles. The largest absolute Gasteiger partial charge is 0.293 e. The second kappa shape index (κ2) is 6.25. The van der Waals surface area contributed by atoms with E-state index in [2.05, 4.69) is 0 Å². The second-order valence-electron chi connectivity index (χ2n) is 3.15. The van der Waals surface area contributed by atoms with Crippen LogP contribution in [0, 0.1) is 0 Å². The van der Waals surface area contributed by atoms with Gasteiger partial charge in [0.2, 0.25) is 0 Å². The molecule has 0 aromatic heterocycles. The fourth-order valence-corrected chi connectivity index (χ4v) is 2.07. The lowest BCUT2D eigenvalue weighted by molar-refractivity contribution is -0.121. The maximum atomic E-state index is 11.5. The third-order valence-corrected chi connectivity index (χ3v) is 3.04. The minimum atomic E-state index is -0.228. The summed E-state index contributed by atoms with van der Waals surface area (Å²) in [6.45, 7) is 4.00. The Kier molecular flexibility index (Phi) is 4.97. The molecule has 1 aliphatic heterocycles. The fraction of sp³-hybridized carbons (Fsp3) is 0.231.